The molecule has 0 saturated carbocycles. The van der Waals surface area contributed by atoms with Gasteiger partial charge in [0, 0.05) is 39.6 Å². The predicted octanol–water partition coefficient (Wildman–Crippen LogP) is -0.240. The number of likely N-dealkylation sites (N-methyl/N-ethyl adjacent to an activating group) is 1. The molecule has 0 aromatic carbocycles. The van der Waals surface area contributed by atoms with Gasteiger partial charge in [0.25, 0.3) is 0 Å². The molecule has 1 fully saturated rings. The van der Waals surface area contributed by atoms with Crippen molar-refractivity contribution in [1.29, 1.82) is 0 Å². The minimum Gasteiger partial charge on any atom is -0.359 e. The highest BCUT2D eigenvalue weighted by atomic mass is 16.1. The maximum absolute atomic E-state index is 11.0. The van der Waals surface area contributed by atoms with Gasteiger partial charge in [-0.15, -0.1) is 0 Å². The van der Waals surface area contributed by atoms with Crippen LogP contribution < -0.4 is 5.32 Å². The molecule has 1 heterocycles. The first-order valence-electron chi connectivity index (χ1n) is 5.34. The summed E-state index contributed by atoms with van der Waals surface area (Å²) in [4.78, 5) is 15.7. The SMILES string of the molecule is CNC(=O)CCCN1CCN(C)CC1. The van der Waals surface area contributed by atoms with Crippen LogP contribution in [0.2, 0.25) is 0 Å². The highest BCUT2D eigenvalue weighted by Gasteiger charge is 2.13. The number of carbonyl (C=O) groups excluding carboxylic acids is 1. The van der Waals surface area contributed by atoms with E-state index in [1.807, 2.05) is 0 Å². The van der Waals surface area contributed by atoms with Crippen molar-refractivity contribution in [3.63, 3.8) is 0 Å². The maximum Gasteiger partial charge on any atom is 0.219 e. The molecule has 0 unspecified atom stereocenters. The van der Waals surface area contributed by atoms with Crippen molar-refractivity contribution in [2.24, 2.45) is 0 Å². The topological polar surface area (TPSA) is 35.6 Å². The van der Waals surface area contributed by atoms with E-state index in [1.54, 1.807) is 7.05 Å². The smallest absolute Gasteiger partial charge is 0.219 e. The van der Waals surface area contributed by atoms with Crippen LogP contribution in [0.3, 0.4) is 0 Å². The molecule has 1 amide bonds. The number of carbonyl (C=O) groups is 1. The van der Waals surface area contributed by atoms with Crippen LogP contribution in [-0.2, 0) is 4.79 Å². The van der Waals surface area contributed by atoms with Crippen LogP contribution in [0, 0.1) is 0 Å². The second kappa shape index (κ2) is 5.98. The fourth-order valence-corrected chi connectivity index (χ4v) is 1.66. The Morgan fingerprint density at radius 3 is 2.50 bits per heavy atom. The zero-order valence-corrected chi connectivity index (χ0v) is 9.25. The number of rotatable bonds is 4. The Hall–Kier alpha value is -0.610. The molecule has 0 spiro atoms. The Bertz CT molecular complexity index is 176. The second-order valence-corrected chi connectivity index (χ2v) is 3.92. The summed E-state index contributed by atoms with van der Waals surface area (Å²) in [7, 11) is 3.85. The summed E-state index contributed by atoms with van der Waals surface area (Å²) in [6, 6.07) is 0. The third kappa shape index (κ3) is 4.07. The molecular formula is C10H21N3O. The molecule has 1 aliphatic rings. The third-order valence-electron chi connectivity index (χ3n) is 2.75. The van der Waals surface area contributed by atoms with E-state index in [-0.39, 0.29) is 5.91 Å². The zero-order valence-electron chi connectivity index (χ0n) is 9.25. The first-order valence-corrected chi connectivity index (χ1v) is 5.34. The molecule has 1 N–H and O–H groups in total. The maximum atomic E-state index is 11.0. The summed E-state index contributed by atoms with van der Waals surface area (Å²) in [6.07, 6.45) is 1.63. The van der Waals surface area contributed by atoms with E-state index in [4.69, 9.17) is 0 Å². The van der Waals surface area contributed by atoms with Gasteiger partial charge in [-0.05, 0) is 20.0 Å². The Labute approximate surface area is 86.2 Å². The molecule has 1 rings (SSSR count). The molecule has 0 radical (unpaired) electrons. The van der Waals surface area contributed by atoms with E-state index in [1.165, 1.54) is 0 Å². The van der Waals surface area contributed by atoms with E-state index in [9.17, 15) is 4.79 Å². The van der Waals surface area contributed by atoms with Gasteiger partial charge in [-0.2, -0.15) is 0 Å². The summed E-state index contributed by atoms with van der Waals surface area (Å²) in [6.45, 7) is 5.65. The summed E-state index contributed by atoms with van der Waals surface area (Å²) >= 11 is 0. The summed E-state index contributed by atoms with van der Waals surface area (Å²) < 4.78 is 0. The minimum atomic E-state index is 0.152. The monoisotopic (exact) mass is 199 g/mol. The molecule has 4 heteroatoms. The lowest BCUT2D eigenvalue weighted by Crippen LogP contribution is -2.44. The molecule has 1 saturated heterocycles. The van der Waals surface area contributed by atoms with Crippen LogP contribution in [0.15, 0.2) is 0 Å². The normalized spacial score (nSPS) is 19.6. The lowest BCUT2D eigenvalue weighted by molar-refractivity contribution is -0.120. The van der Waals surface area contributed by atoms with Crippen molar-refractivity contribution in [2.75, 3.05) is 46.8 Å². The van der Waals surface area contributed by atoms with E-state index >= 15 is 0 Å². The van der Waals surface area contributed by atoms with Gasteiger partial charge >= 0.3 is 0 Å². The average molecular weight is 199 g/mol. The van der Waals surface area contributed by atoms with Crippen LogP contribution in [0.4, 0.5) is 0 Å². The molecule has 4 nitrogen and oxygen atoms in total. The van der Waals surface area contributed by atoms with E-state index in [0.29, 0.717) is 6.42 Å². The number of nitrogens with one attached hydrogen (secondary N) is 1. The number of nitrogens with zero attached hydrogens (tertiary/aromatic N) is 2. The van der Waals surface area contributed by atoms with E-state index < -0.39 is 0 Å². The quantitative estimate of drug-likeness (QED) is 0.679. The lowest BCUT2D eigenvalue weighted by atomic mass is 10.2. The molecular weight excluding hydrogens is 178 g/mol. The molecule has 0 aliphatic carbocycles. The average Bonchev–Trinajstić information content (AvgIpc) is 2.21. The van der Waals surface area contributed by atoms with Gasteiger partial charge in [-0.25, -0.2) is 0 Å². The Balaban J connectivity index is 2.04. The fourth-order valence-electron chi connectivity index (χ4n) is 1.66. The Kier molecular flexibility index (Phi) is 4.90. The van der Waals surface area contributed by atoms with E-state index in [2.05, 4.69) is 22.2 Å². The zero-order chi connectivity index (χ0) is 10.4. The number of piperazine rings is 1. The van der Waals surface area contributed by atoms with Gasteiger partial charge in [0.05, 0.1) is 0 Å². The summed E-state index contributed by atoms with van der Waals surface area (Å²) in [5.74, 6) is 0.152. The largest absolute Gasteiger partial charge is 0.359 e. The molecule has 0 atom stereocenters. The third-order valence-corrected chi connectivity index (χ3v) is 2.75. The fraction of sp³-hybridized carbons (Fsp3) is 0.900. The van der Waals surface area contributed by atoms with Gasteiger partial charge in [0.2, 0.25) is 5.91 Å². The molecule has 0 bridgehead atoms. The first kappa shape index (κ1) is 11.5. The summed E-state index contributed by atoms with van der Waals surface area (Å²) in [5.41, 5.74) is 0. The summed E-state index contributed by atoms with van der Waals surface area (Å²) in [5, 5.41) is 2.64. The molecule has 82 valence electrons. The molecule has 0 aromatic heterocycles. The Morgan fingerprint density at radius 1 is 1.29 bits per heavy atom. The predicted molar refractivity (Wildman–Crippen MR) is 57.2 cm³/mol. The van der Waals surface area contributed by atoms with Crippen LogP contribution >= 0.6 is 0 Å². The lowest BCUT2D eigenvalue weighted by Gasteiger charge is -2.32. The highest BCUT2D eigenvalue weighted by molar-refractivity contribution is 5.75. The van der Waals surface area contributed by atoms with Gasteiger partial charge in [0.1, 0.15) is 0 Å². The van der Waals surface area contributed by atoms with Gasteiger partial charge in [-0.1, -0.05) is 0 Å². The van der Waals surface area contributed by atoms with Crippen LogP contribution in [0.5, 0.6) is 0 Å². The van der Waals surface area contributed by atoms with Crippen molar-refractivity contribution in [2.45, 2.75) is 12.8 Å². The second-order valence-electron chi connectivity index (χ2n) is 3.92. The van der Waals surface area contributed by atoms with Crippen molar-refractivity contribution in [3.8, 4) is 0 Å². The van der Waals surface area contributed by atoms with Crippen LogP contribution in [-0.4, -0.2) is 62.5 Å². The molecule has 0 aromatic rings. The van der Waals surface area contributed by atoms with Gasteiger partial charge in [0.15, 0.2) is 0 Å². The van der Waals surface area contributed by atoms with Crippen LogP contribution in [0.1, 0.15) is 12.8 Å². The molecule has 1 aliphatic heterocycles. The van der Waals surface area contributed by atoms with Crippen molar-refractivity contribution < 1.29 is 4.79 Å². The number of hydrogen-bond acceptors (Lipinski definition) is 3. The van der Waals surface area contributed by atoms with Crippen molar-refractivity contribution in [3.05, 3.63) is 0 Å². The first-order chi connectivity index (χ1) is 6.72. The standard InChI is InChI=1S/C10H21N3O/c1-11-10(14)4-3-5-13-8-6-12(2)7-9-13/h3-9H2,1-2H3,(H,11,14). The van der Waals surface area contributed by atoms with Crippen LogP contribution in [0.25, 0.3) is 0 Å². The number of hydrogen-bond donors (Lipinski definition) is 1. The van der Waals surface area contributed by atoms with E-state index in [0.717, 1.165) is 39.1 Å². The van der Waals surface area contributed by atoms with Crippen molar-refractivity contribution >= 4 is 5.91 Å². The Morgan fingerprint density at radius 2 is 1.93 bits per heavy atom. The number of amides is 1. The minimum absolute atomic E-state index is 0.152. The molecule has 14 heavy (non-hydrogen) atoms. The highest BCUT2D eigenvalue weighted by Crippen LogP contribution is 2.01. The van der Waals surface area contributed by atoms with Gasteiger partial charge in [-0.3, -0.25) is 4.79 Å². The van der Waals surface area contributed by atoms with Crippen molar-refractivity contribution in [1.82, 2.24) is 15.1 Å². The van der Waals surface area contributed by atoms with Gasteiger partial charge < -0.3 is 15.1 Å².